The molecule has 21 heavy (non-hydrogen) atoms. The van der Waals surface area contributed by atoms with Crippen LogP contribution in [0.5, 0.6) is 0 Å². The van der Waals surface area contributed by atoms with Gasteiger partial charge >= 0.3 is 0 Å². The first-order valence-electron chi connectivity index (χ1n) is 6.33. The first-order valence-corrected chi connectivity index (χ1v) is 6.71. The number of halogens is 1. The summed E-state index contributed by atoms with van der Waals surface area (Å²) in [6, 6.07) is 15.9. The van der Waals surface area contributed by atoms with Crippen LogP contribution in [0.25, 0.3) is 5.69 Å². The SMILES string of the molecule is Nc1ccc(Cl)c(Nc2cc(=O)n(-c3ccccc3)[nH]2)c1. The van der Waals surface area contributed by atoms with Crippen molar-refractivity contribution < 1.29 is 0 Å². The van der Waals surface area contributed by atoms with Crippen molar-refractivity contribution >= 4 is 28.8 Å². The Balaban J connectivity index is 1.95. The fourth-order valence-electron chi connectivity index (χ4n) is 2.01. The number of hydrogen-bond acceptors (Lipinski definition) is 3. The second kappa shape index (κ2) is 5.38. The molecule has 0 fully saturated rings. The lowest BCUT2D eigenvalue weighted by Gasteiger charge is -2.07. The van der Waals surface area contributed by atoms with Crippen molar-refractivity contribution in [3.8, 4) is 5.69 Å². The van der Waals surface area contributed by atoms with Crippen LogP contribution in [0.4, 0.5) is 17.2 Å². The Morgan fingerprint density at radius 1 is 1.10 bits per heavy atom. The number of hydrogen-bond donors (Lipinski definition) is 3. The van der Waals surface area contributed by atoms with Gasteiger partial charge in [0.2, 0.25) is 0 Å². The smallest absolute Gasteiger partial charge is 0.273 e. The van der Waals surface area contributed by atoms with E-state index in [1.807, 2.05) is 30.3 Å². The van der Waals surface area contributed by atoms with E-state index in [9.17, 15) is 4.79 Å². The minimum absolute atomic E-state index is 0.163. The van der Waals surface area contributed by atoms with Gasteiger partial charge in [-0.25, -0.2) is 4.68 Å². The zero-order valence-electron chi connectivity index (χ0n) is 11.0. The van der Waals surface area contributed by atoms with Crippen LogP contribution in [0.3, 0.4) is 0 Å². The van der Waals surface area contributed by atoms with Crippen molar-refractivity contribution in [2.24, 2.45) is 0 Å². The van der Waals surface area contributed by atoms with Crippen LogP contribution in [0.1, 0.15) is 0 Å². The van der Waals surface area contributed by atoms with Gasteiger partial charge in [0, 0.05) is 11.8 Å². The molecule has 6 heteroatoms. The molecule has 0 aliphatic rings. The Kier molecular flexibility index (Phi) is 3.41. The van der Waals surface area contributed by atoms with Gasteiger partial charge in [-0.05, 0) is 30.3 Å². The first kappa shape index (κ1) is 13.3. The molecular weight excluding hydrogens is 288 g/mol. The Morgan fingerprint density at radius 3 is 2.62 bits per heavy atom. The maximum absolute atomic E-state index is 12.0. The number of rotatable bonds is 3. The lowest BCUT2D eigenvalue weighted by Crippen LogP contribution is -2.12. The molecule has 0 amide bonds. The molecule has 0 saturated heterocycles. The number of para-hydroxylation sites is 1. The van der Waals surface area contributed by atoms with Crippen LogP contribution in [0, 0.1) is 0 Å². The molecule has 3 aromatic rings. The number of anilines is 3. The Bertz CT molecular complexity index is 823. The number of nitrogens with zero attached hydrogens (tertiary/aromatic N) is 1. The standard InChI is InChI=1S/C15H13ClN4O/c16-12-7-6-10(17)8-13(12)18-14-9-15(21)20(19-14)11-4-2-1-3-5-11/h1-9,18-19H,17H2. The molecule has 0 unspecified atom stereocenters. The highest BCUT2D eigenvalue weighted by Gasteiger charge is 2.07. The monoisotopic (exact) mass is 300 g/mol. The summed E-state index contributed by atoms with van der Waals surface area (Å²) >= 11 is 6.09. The predicted octanol–water partition coefficient (Wildman–Crippen LogP) is 3.14. The van der Waals surface area contributed by atoms with E-state index < -0.39 is 0 Å². The maximum Gasteiger partial charge on any atom is 0.273 e. The summed E-state index contributed by atoms with van der Waals surface area (Å²) in [5.41, 5.74) is 7.55. The van der Waals surface area contributed by atoms with Crippen LogP contribution in [0.15, 0.2) is 59.4 Å². The number of aromatic nitrogens is 2. The van der Waals surface area contributed by atoms with Crippen LogP contribution < -0.4 is 16.6 Å². The van der Waals surface area contributed by atoms with E-state index in [2.05, 4.69) is 10.4 Å². The first-order chi connectivity index (χ1) is 10.1. The molecule has 1 aromatic heterocycles. The molecule has 2 aromatic carbocycles. The van der Waals surface area contributed by atoms with Crippen LogP contribution in [-0.4, -0.2) is 9.78 Å². The molecule has 0 atom stereocenters. The fraction of sp³-hybridized carbons (Fsp3) is 0. The number of H-pyrrole nitrogens is 1. The molecular formula is C15H13ClN4O. The molecule has 0 aliphatic heterocycles. The lowest BCUT2D eigenvalue weighted by molar-refractivity contribution is 0.853. The molecule has 106 valence electrons. The van der Waals surface area contributed by atoms with Gasteiger partial charge in [0.25, 0.3) is 5.56 Å². The van der Waals surface area contributed by atoms with Gasteiger partial charge in [0.15, 0.2) is 0 Å². The number of nitrogen functional groups attached to an aromatic ring is 1. The molecule has 0 spiro atoms. The second-order valence-electron chi connectivity index (χ2n) is 4.54. The Morgan fingerprint density at radius 2 is 1.86 bits per heavy atom. The topological polar surface area (TPSA) is 75.8 Å². The Hall–Kier alpha value is -2.66. The third-order valence-corrected chi connectivity index (χ3v) is 3.32. The quantitative estimate of drug-likeness (QED) is 0.650. The minimum Gasteiger partial charge on any atom is -0.399 e. The van der Waals surface area contributed by atoms with E-state index in [1.54, 1.807) is 18.2 Å². The van der Waals surface area contributed by atoms with Crippen LogP contribution in [-0.2, 0) is 0 Å². The van der Waals surface area contributed by atoms with E-state index in [-0.39, 0.29) is 5.56 Å². The number of aromatic amines is 1. The van der Waals surface area contributed by atoms with Gasteiger partial charge < -0.3 is 11.1 Å². The van der Waals surface area contributed by atoms with Crippen molar-refractivity contribution in [3.63, 3.8) is 0 Å². The summed E-state index contributed by atoms with van der Waals surface area (Å²) < 4.78 is 1.45. The highest BCUT2D eigenvalue weighted by atomic mass is 35.5. The molecule has 0 saturated carbocycles. The van der Waals surface area contributed by atoms with Gasteiger partial charge in [-0.15, -0.1) is 0 Å². The summed E-state index contributed by atoms with van der Waals surface area (Å²) in [4.78, 5) is 12.0. The molecule has 4 N–H and O–H groups in total. The van der Waals surface area contributed by atoms with Gasteiger partial charge in [-0.1, -0.05) is 29.8 Å². The van der Waals surface area contributed by atoms with Gasteiger partial charge in [0.1, 0.15) is 5.82 Å². The van der Waals surface area contributed by atoms with E-state index in [0.717, 1.165) is 5.69 Å². The molecule has 0 radical (unpaired) electrons. The van der Waals surface area contributed by atoms with Crippen LogP contribution in [0.2, 0.25) is 5.02 Å². The van der Waals surface area contributed by atoms with Crippen molar-refractivity contribution in [2.45, 2.75) is 0 Å². The van der Waals surface area contributed by atoms with Crippen molar-refractivity contribution in [1.82, 2.24) is 9.78 Å². The summed E-state index contributed by atoms with van der Waals surface area (Å²) in [6.45, 7) is 0. The van der Waals surface area contributed by atoms with Gasteiger partial charge in [-0.3, -0.25) is 9.89 Å². The summed E-state index contributed by atoms with van der Waals surface area (Å²) in [6.07, 6.45) is 0. The molecule has 5 nitrogen and oxygen atoms in total. The van der Waals surface area contributed by atoms with Crippen molar-refractivity contribution in [2.75, 3.05) is 11.1 Å². The highest BCUT2D eigenvalue weighted by molar-refractivity contribution is 6.33. The largest absolute Gasteiger partial charge is 0.399 e. The third-order valence-electron chi connectivity index (χ3n) is 2.99. The van der Waals surface area contributed by atoms with Crippen LogP contribution >= 0.6 is 11.6 Å². The van der Waals surface area contributed by atoms with E-state index >= 15 is 0 Å². The number of nitrogens with two attached hydrogens (primary N) is 1. The van der Waals surface area contributed by atoms with E-state index in [4.69, 9.17) is 17.3 Å². The number of benzene rings is 2. The molecule has 3 rings (SSSR count). The maximum atomic E-state index is 12.0. The second-order valence-corrected chi connectivity index (χ2v) is 4.95. The van der Waals surface area contributed by atoms with Gasteiger partial charge in [0.05, 0.1) is 16.4 Å². The van der Waals surface area contributed by atoms with Gasteiger partial charge in [-0.2, -0.15) is 0 Å². The van der Waals surface area contributed by atoms with E-state index in [0.29, 0.717) is 22.2 Å². The average Bonchev–Trinajstić information content (AvgIpc) is 2.84. The molecule has 0 aliphatic carbocycles. The minimum atomic E-state index is -0.163. The summed E-state index contributed by atoms with van der Waals surface area (Å²) in [7, 11) is 0. The molecule has 1 heterocycles. The average molecular weight is 301 g/mol. The lowest BCUT2D eigenvalue weighted by atomic mass is 10.3. The fourth-order valence-corrected chi connectivity index (χ4v) is 2.18. The summed E-state index contributed by atoms with van der Waals surface area (Å²) in [5, 5.41) is 6.57. The predicted molar refractivity (Wildman–Crippen MR) is 85.5 cm³/mol. The number of nitrogens with one attached hydrogen (secondary N) is 2. The van der Waals surface area contributed by atoms with Crippen molar-refractivity contribution in [1.29, 1.82) is 0 Å². The van der Waals surface area contributed by atoms with E-state index in [1.165, 1.54) is 10.7 Å². The zero-order chi connectivity index (χ0) is 14.8. The highest BCUT2D eigenvalue weighted by Crippen LogP contribution is 2.26. The zero-order valence-corrected chi connectivity index (χ0v) is 11.8. The summed E-state index contributed by atoms with van der Waals surface area (Å²) in [5.74, 6) is 0.538. The Labute approximate surface area is 126 Å². The van der Waals surface area contributed by atoms with Crippen molar-refractivity contribution in [3.05, 3.63) is 70.0 Å². The normalized spacial score (nSPS) is 10.5. The third kappa shape index (κ3) is 2.78. The molecule has 0 bridgehead atoms.